The summed E-state index contributed by atoms with van der Waals surface area (Å²) in [6, 6.07) is 13.7. The minimum Gasteiger partial charge on any atom is -0.489 e. The maximum absolute atomic E-state index is 14.0. The number of benzene rings is 2. The van der Waals surface area contributed by atoms with E-state index in [-0.39, 0.29) is 17.7 Å². The van der Waals surface area contributed by atoms with Gasteiger partial charge >= 0.3 is 0 Å². The van der Waals surface area contributed by atoms with Gasteiger partial charge in [-0.15, -0.1) is 0 Å². The average Bonchev–Trinajstić information content (AvgIpc) is 2.75. The minimum atomic E-state index is -3.80. The molecule has 9 heteroatoms. The molecule has 0 aliphatic carbocycles. The van der Waals surface area contributed by atoms with Crippen molar-refractivity contribution in [2.45, 2.75) is 6.10 Å². The van der Waals surface area contributed by atoms with Gasteiger partial charge in [0.2, 0.25) is 10.0 Å². The predicted molar refractivity (Wildman–Crippen MR) is 117 cm³/mol. The molecule has 0 radical (unpaired) electrons. The van der Waals surface area contributed by atoms with Crippen molar-refractivity contribution in [2.75, 3.05) is 12.9 Å². The Labute approximate surface area is 184 Å². The maximum Gasteiger partial charge on any atom is 0.265 e. The Hall–Kier alpha value is -3.56. The molecule has 0 saturated carbocycles. The topological polar surface area (TPSA) is 106 Å². The number of nitrogens with one attached hydrogen (secondary N) is 1. The van der Waals surface area contributed by atoms with Crippen molar-refractivity contribution >= 4 is 22.0 Å². The molecule has 1 amide bonds. The summed E-state index contributed by atoms with van der Waals surface area (Å²) >= 11 is 0. The van der Waals surface area contributed by atoms with E-state index in [1.165, 1.54) is 6.07 Å². The van der Waals surface area contributed by atoms with Crippen LogP contribution in [0.2, 0.25) is 0 Å². The monoisotopic (exact) mass is 454 g/mol. The SMILES string of the molecule is CS(=O)(=O)NC(=O)c1ccc(F)cc1-c1ccc2c(c1)OC/C(=C\c1ccccn1)[C@H]2O. The lowest BCUT2D eigenvalue weighted by atomic mass is 9.93. The van der Waals surface area contributed by atoms with Crippen LogP contribution in [0.5, 0.6) is 5.75 Å². The Kier molecular flexibility index (Phi) is 5.77. The van der Waals surface area contributed by atoms with E-state index in [1.807, 2.05) is 16.9 Å². The summed E-state index contributed by atoms with van der Waals surface area (Å²) in [7, 11) is -3.80. The largest absolute Gasteiger partial charge is 0.489 e. The van der Waals surface area contributed by atoms with E-state index >= 15 is 0 Å². The van der Waals surface area contributed by atoms with E-state index < -0.39 is 27.9 Å². The Morgan fingerprint density at radius 2 is 2.03 bits per heavy atom. The molecular weight excluding hydrogens is 435 g/mol. The fourth-order valence-electron chi connectivity index (χ4n) is 3.44. The fraction of sp³-hybridized carbons (Fsp3) is 0.130. The third kappa shape index (κ3) is 4.68. The second-order valence-corrected chi connectivity index (χ2v) is 9.06. The third-order valence-electron chi connectivity index (χ3n) is 4.89. The zero-order valence-electron chi connectivity index (χ0n) is 16.9. The minimum absolute atomic E-state index is 0.0103. The first-order chi connectivity index (χ1) is 15.2. The second kappa shape index (κ2) is 8.52. The second-order valence-electron chi connectivity index (χ2n) is 7.31. The van der Waals surface area contributed by atoms with Crippen LogP contribution in [-0.4, -0.2) is 37.3 Å². The average molecular weight is 454 g/mol. The highest BCUT2D eigenvalue weighted by molar-refractivity contribution is 7.89. The number of ether oxygens (including phenoxy) is 1. The van der Waals surface area contributed by atoms with Crippen molar-refractivity contribution in [3.05, 3.63) is 89.0 Å². The van der Waals surface area contributed by atoms with Crippen molar-refractivity contribution in [1.82, 2.24) is 9.71 Å². The van der Waals surface area contributed by atoms with Crippen LogP contribution in [0.3, 0.4) is 0 Å². The molecule has 2 aromatic carbocycles. The van der Waals surface area contributed by atoms with E-state index in [2.05, 4.69) is 4.98 Å². The van der Waals surface area contributed by atoms with Crippen LogP contribution < -0.4 is 9.46 Å². The van der Waals surface area contributed by atoms with E-state index in [0.717, 1.165) is 18.4 Å². The van der Waals surface area contributed by atoms with Crippen LogP contribution in [0.1, 0.15) is 27.7 Å². The Morgan fingerprint density at radius 3 is 2.75 bits per heavy atom. The van der Waals surface area contributed by atoms with Gasteiger partial charge in [0.05, 0.1) is 11.9 Å². The first-order valence-corrected chi connectivity index (χ1v) is 11.5. The zero-order valence-corrected chi connectivity index (χ0v) is 17.8. The van der Waals surface area contributed by atoms with Crippen molar-refractivity contribution in [2.24, 2.45) is 0 Å². The highest BCUT2D eigenvalue weighted by atomic mass is 32.2. The van der Waals surface area contributed by atoms with E-state index in [9.17, 15) is 22.7 Å². The molecule has 3 aromatic rings. The lowest BCUT2D eigenvalue weighted by Gasteiger charge is -2.26. The molecule has 1 aliphatic rings. The molecule has 0 bridgehead atoms. The number of aliphatic hydroxyl groups excluding tert-OH is 1. The Bertz CT molecular complexity index is 1320. The Morgan fingerprint density at radius 1 is 1.22 bits per heavy atom. The number of pyridine rings is 1. The number of carbonyl (C=O) groups is 1. The molecule has 32 heavy (non-hydrogen) atoms. The van der Waals surface area contributed by atoms with Gasteiger partial charge in [0.25, 0.3) is 5.91 Å². The number of nitrogens with zero attached hydrogens (tertiary/aromatic N) is 1. The Balaban J connectivity index is 1.70. The molecule has 0 saturated heterocycles. The van der Waals surface area contributed by atoms with Crippen LogP contribution in [0, 0.1) is 5.82 Å². The number of hydrogen-bond donors (Lipinski definition) is 2. The summed E-state index contributed by atoms with van der Waals surface area (Å²) in [6.07, 6.45) is 3.34. The van der Waals surface area contributed by atoms with Crippen LogP contribution in [0.4, 0.5) is 4.39 Å². The van der Waals surface area contributed by atoms with Crippen molar-refractivity contribution in [3.63, 3.8) is 0 Å². The maximum atomic E-state index is 14.0. The molecule has 0 fully saturated rings. The summed E-state index contributed by atoms with van der Waals surface area (Å²) in [5.74, 6) is -1.08. The number of amides is 1. The number of halogens is 1. The molecule has 1 aliphatic heterocycles. The third-order valence-corrected chi connectivity index (χ3v) is 5.45. The molecule has 4 rings (SSSR count). The lowest BCUT2D eigenvalue weighted by Crippen LogP contribution is -2.29. The van der Waals surface area contributed by atoms with Gasteiger partial charge in [-0.05, 0) is 53.6 Å². The van der Waals surface area contributed by atoms with Gasteiger partial charge in [0, 0.05) is 22.9 Å². The number of aromatic nitrogens is 1. The predicted octanol–water partition coefficient (Wildman–Crippen LogP) is 3.09. The molecular formula is C23H19FN2O5S. The molecule has 164 valence electrons. The zero-order chi connectivity index (χ0) is 22.9. The van der Waals surface area contributed by atoms with E-state index in [1.54, 1.807) is 36.5 Å². The normalized spacial score (nSPS) is 16.8. The molecule has 1 aromatic heterocycles. The van der Waals surface area contributed by atoms with Gasteiger partial charge in [-0.25, -0.2) is 17.5 Å². The fourth-order valence-corrected chi connectivity index (χ4v) is 3.89. The van der Waals surface area contributed by atoms with E-state index in [0.29, 0.717) is 28.1 Å². The molecule has 7 nitrogen and oxygen atoms in total. The van der Waals surface area contributed by atoms with Gasteiger partial charge in [0.15, 0.2) is 0 Å². The van der Waals surface area contributed by atoms with Crippen LogP contribution in [0.15, 0.2) is 66.4 Å². The molecule has 2 heterocycles. The van der Waals surface area contributed by atoms with Gasteiger partial charge in [-0.2, -0.15) is 0 Å². The summed E-state index contributed by atoms with van der Waals surface area (Å²) in [4.78, 5) is 16.6. The van der Waals surface area contributed by atoms with Crippen molar-refractivity contribution < 1.29 is 27.4 Å². The molecule has 2 N–H and O–H groups in total. The summed E-state index contributed by atoms with van der Waals surface area (Å²) in [6.45, 7) is 0.124. The van der Waals surface area contributed by atoms with Gasteiger partial charge in [-0.1, -0.05) is 18.2 Å². The first-order valence-electron chi connectivity index (χ1n) is 9.59. The van der Waals surface area contributed by atoms with Crippen molar-refractivity contribution in [1.29, 1.82) is 0 Å². The summed E-state index contributed by atoms with van der Waals surface area (Å²) < 4.78 is 44.6. The highest BCUT2D eigenvalue weighted by Crippen LogP contribution is 2.39. The van der Waals surface area contributed by atoms with E-state index in [4.69, 9.17) is 4.74 Å². The quantitative estimate of drug-likeness (QED) is 0.628. The number of hydrogen-bond acceptors (Lipinski definition) is 6. The van der Waals surface area contributed by atoms with Crippen LogP contribution >= 0.6 is 0 Å². The standard InChI is InChI=1S/C23H19FN2O5S/c1-32(29,30)26-23(28)18-8-6-16(24)12-20(18)14-5-7-19-21(11-14)31-13-15(22(19)27)10-17-4-2-3-9-25-17/h2-12,22,27H,13H2,1H3,(H,26,28)/b15-10+/t22-/m1/s1. The number of sulfonamides is 1. The molecule has 0 unspecified atom stereocenters. The number of fused-ring (bicyclic) bond motifs is 1. The summed E-state index contributed by atoms with van der Waals surface area (Å²) in [5.41, 5.74) is 2.45. The smallest absolute Gasteiger partial charge is 0.265 e. The number of rotatable bonds is 4. The van der Waals surface area contributed by atoms with Gasteiger partial charge in [-0.3, -0.25) is 9.78 Å². The van der Waals surface area contributed by atoms with Crippen molar-refractivity contribution in [3.8, 4) is 16.9 Å². The number of carbonyl (C=O) groups excluding carboxylic acids is 1. The molecule has 0 spiro atoms. The number of aliphatic hydroxyl groups is 1. The lowest BCUT2D eigenvalue weighted by molar-refractivity contribution is 0.0982. The first kappa shape index (κ1) is 21.7. The van der Waals surface area contributed by atoms with Crippen LogP contribution in [-0.2, 0) is 10.0 Å². The molecule has 1 atom stereocenters. The van der Waals surface area contributed by atoms with Gasteiger partial charge < -0.3 is 9.84 Å². The highest BCUT2D eigenvalue weighted by Gasteiger charge is 2.25. The van der Waals surface area contributed by atoms with Gasteiger partial charge in [0.1, 0.15) is 24.3 Å². The van der Waals surface area contributed by atoms with Crippen LogP contribution in [0.25, 0.3) is 17.2 Å². The summed E-state index contributed by atoms with van der Waals surface area (Å²) in [5, 5.41) is 10.8.